The average Bonchev–Trinajstić information content (AvgIpc) is 2.00. The maximum absolute atomic E-state index is 8.34. The molecule has 0 spiro atoms. The first-order chi connectivity index (χ1) is 5.56. The van der Waals surface area contributed by atoms with Gasteiger partial charge < -0.3 is 10.6 Å². The van der Waals surface area contributed by atoms with E-state index in [1.54, 1.807) is 5.48 Å². The van der Waals surface area contributed by atoms with Crippen molar-refractivity contribution in [2.24, 2.45) is 10.7 Å². The van der Waals surface area contributed by atoms with Crippen LogP contribution in [0.15, 0.2) is 4.99 Å². The molecule has 0 aliphatic heterocycles. The molecule has 0 fully saturated rings. The van der Waals surface area contributed by atoms with Gasteiger partial charge in [-0.25, -0.2) is 10.5 Å². The Labute approximate surface area is 73.2 Å². The molecule has 1 atom stereocenters. The van der Waals surface area contributed by atoms with Crippen LogP contribution < -0.4 is 11.2 Å². The van der Waals surface area contributed by atoms with Crippen molar-refractivity contribution in [3.8, 4) is 0 Å². The molecule has 72 valence electrons. The minimum atomic E-state index is 0.0706. The zero-order valence-corrected chi connectivity index (χ0v) is 7.91. The average molecular weight is 174 g/mol. The summed E-state index contributed by atoms with van der Waals surface area (Å²) in [6, 6.07) is 0.132. The fourth-order valence-corrected chi connectivity index (χ4v) is 0.776. The first-order valence-corrected chi connectivity index (χ1v) is 3.94. The SMILES string of the molecule is CC(CCN(C)C)N=C(N)NO. The van der Waals surface area contributed by atoms with Crippen molar-refractivity contribution >= 4 is 5.96 Å². The summed E-state index contributed by atoms with van der Waals surface area (Å²) in [5, 5.41) is 8.34. The highest BCUT2D eigenvalue weighted by molar-refractivity contribution is 5.76. The molecule has 0 radical (unpaired) electrons. The molecule has 0 aromatic carbocycles. The van der Waals surface area contributed by atoms with E-state index in [1.807, 2.05) is 21.0 Å². The Morgan fingerprint density at radius 1 is 1.67 bits per heavy atom. The van der Waals surface area contributed by atoms with E-state index in [0.717, 1.165) is 13.0 Å². The lowest BCUT2D eigenvalue weighted by atomic mass is 10.2. The molecule has 0 aliphatic rings. The number of hydrogen-bond acceptors (Lipinski definition) is 3. The lowest BCUT2D eigenvalue weighted by Crippen LogP contribution is -2.30. The quantitative estimate of drug-likeness (QED) is 0.308. The molecule has 4 N–H and O–H groups in total. The van der Waals surface area contributed by atoms with Gasteiger partial charge in [0, 0.05) is 0 Å². The largest absolute Gasteiger partial charge is 0.368 e. The van der Waals surface area contributed by atoms with Crippen molar-refractivity contribution in [3.05, 3.63) is 0 Å². The zero-order chi connectivity index (χ0) is 9.56. The Morgan fingerprint density at radius 3 is 2.67 bits per heavy atom. The van der Waals surface area contributed by atoms with Crippen molar-refractivity contribution in [1.29, 1.82) is 0 Å². The van der Waals surface area contributed by atoms with E-state index in [1.165, 1.54) is 0 Å². The van der Waals surface area contributed by atoms with Crippen LogP contribution >= 0.6 is 0 Å². The van der Waals surface area contributed by atoms with Crippen LogP contribution in [0.5, 0.6) is 0 Å². The van der Waals surface area contributed by atoms with Gasteiger partial charge in [-0.05, 0) is 34.0 Å². The molecule has 0 aliphatic carbocycles. The normalized spacial score (nSPS) is 14.9. The van der Waals surface area contributed by atoms with E-state index in [9.17, 15) is 0 Å². The van der Waals surface area contributed by atoms with Crippen molar-refractivity contribution in [2.45, 2.75) is 19.4 Å². The Morgan fingerprint density at radius 2 is 2.25 bits per heavy atom. The molecule has 0 saturated heterocycles. The summed E-state index contributed by atoms with van der Waals surface area (Å²) in [4.78, 5) is 6.05. The third-order valence-corrected chi connectivity index (χ3v) is 1.47. The zero-order valence-electron chi connectivity index (χ0n) is 7.91. The summed E-state index contributed by atoms with van der Waals surface area (Å²) in [5.74, 6) is 0.0706. The summed E-state index contributed by atoms with van der Waals surface area (Å²) in [5.41, 5.74) is 7.05. The maximum atomic E-state index is 8.34. The van der Waals surface area contributed by atoms with Gasteiger partial charge in [-0.1, -0.05) is 0 Å². The van der Waals surface area contributed by atoms with E-state index in [4.69, 9.17) is 10.9 Å². The van der Waals surface area contributed by atoms with Gasteiger partial charge in [-0.15, -0.1) is 0 Å². The second-order valence-corrected chi connectivity index (χ2v) is 3.07. The fraction of sp³-hybridized carbons (Fsp3) is 0.857. The number of nitrogens with zero attached hydrogens (tertiary/aromatic N) is 2. The van der Waals surface area contributed by atoms with E-state index < -0.39 is 0 Å². The van der Waals surface area contributed by atoms with Crippen LogP contribution in [0, 0.1) is 0 Å². The monoisotopic (exact) mass is 174 g/mol. The highest BCUT2D eigenvalue weighted by Crippen LogP contribution is 1.96. The molecular weight excluding hydrogens is 156 g/mol. The predicted octanol–water partition coefficient (Wildman–Crippen LogP) is -0.380. The number of hydrogen-bond donors (Lipinski definition) is 3. The Kier molecular flexibility index (Phi) is 5.40. The molecule has 0 rings (SSSR count). The molecule has 0 amide bonds. The number of hydroxylamine groups is 1. The summed E-state index contributed by atoms with van der Waals surface area (Å²) in [6.45, 7) is 2.91. The van der Waals surface area contributed by atoms with Crippen molar-refractivity contribution in [1.82, 2.24) is 10.4 Å². The number of aliphatic imine (C=N–C) groups is 1. The summed E-state index contributed by atoms with van der Waals surface area (Å²) in [6.07, 6.45) is 0.926. The van der Waals surface area contributed by atoms with E-state index >= 15 is 0 Å². The van der Waals surface area contributed by atoms with Crippen molar-refractivity contribution < 1.29 is 5.21 Å². The maximum Gasteiger partial charge on any atom is 0.213 e. The van der Waals surface area contributed by atoms with Gasteiger partial charge in [0.05, 0.1) is 6.04 Å². The van der Waals surface area contributed by atoms with E-state index in [0.29, 0.717) is 0 Å². The predicted molar refractivity (Wildman–Crippen MR) is 49.2 cm³/mol. The first-order valence-electron chi connectivity index (χ1n) is 3.94. The molecule has 0 aromatic heterocycles. The number of nitrogens with two attached hydrogens (primary N) is 1. The topological polar surface area (TPSA) is 73.9 Å². The first kappa shape index (κ1) is 11.2. The number of nitrogens with one attached hydrogen (secondary N) is 1. The van der Waals surface area contributed by atoms with Gasteiger partial charge in [0.2, 0.25) is 5.96 Å². The summed E-state index contributed by atoms with van der Waals surface area (Å²) >= 11 is 0. The van der Waals surface area contributed by atoms with Crippen LogP contribution in [0.25, 0.3) is 0 Å². The third kappa shape index (κ3) is 5.94. The molecule has 1 unspecified atom stereocenters. The Balaban J connectivity index is 3.65. The van der Waals surface area contributed by atoms with Crippen LogP contribution in [0.3, 0.4) is 0 Å². The molecule has 0 heterocycles. The lowest BCUT2D eigenvalue weighted by molar-refractivity contribution is 0.232. The van der Waals surface area contributed by atoms with Gasteiger partial charge in [0.25, 0.3) is 0 Å². The van der Waals surface area contributed by atoms with Crippen LogP contribution in [-0.4, -0.2) is 42.7 Å². The molecule has 0 bridgehead atoms. The molecule has 12 heavy (non-hydrogen) atoms. The van der Waals surface area contributed by atoms with Crippen LogP contribution in [0.2, 0.25) is 0 Å². The Bertz CT molecular complexity index is 146. The third-order valence-electron chi connectivity index (χ3n) is 1.47. The standard InChI is InChI=1S/C7H18N4O/c1-6(4-5-11(2)3)9-7(8)10-12/h6,12H,4-5H2,1-3H3,(H3,8,9,10). The second-order valence-electron chi connectivity index (χ2n) is 3.07. The van der Waals surface area contributed by atoms with Crippen molar-refractivity contribution in [2.75, 3.05) is 20.6 Å². The van der Waals surface area contributed by atoms with E-state index in [-0.39, 0.29) is 12.0 Å². The fourth-order valence-electron chi connectivity index (χ4n) is 0.776. The van der Waals surface area contributed by atoms with Gasteiger partial charge in [-0.2, -0.15) is 0 Å². The van der Waals surface area contributed by atoms with Crippen LogP contribution in [0.4, 0.5) is 0 Å². The minimum Gasteiger partial charge on any atom is -0.368 e. The molecular formula is C7H18N4O. The second kappa shape index (κ2) is 5.79. The summed E-state index contributed by atoms with van der Waals surface area (Å²) in [7, 11) is 4.01. The van der Waals surface area contributed by atoms with Gasteiger partial charge >= 0.3 is 0 Å². The Hall–Kier alpha value is -0.810. The smallest absolute Gasteiger partial charge is 0.213 e. The molecule has 0 saturated carbocycles. The molecule has 0 aromatic rings. The molecule has 5 heteroatoms. The number of rotatable bonds is 4. The van der Waals surface area contributed by atoms with Gasteiger partial charge in [0.15, 0.2) is 0 Å². The van der Waals surface area contributed by atoms with Crippen LogP contribution in [-0.2, 0) is 0 Å². The van der Waals surface area contributed by atoms with Crippen LogP contribution in [0.1, 0.15) is 13.3 Å². The van der Waals surface area contributed by atoms with Gasteiger partial charge in [0.1, 0.15) is 0 Å². The number of guanidine groups is 1. The molecule has 5 nitrogen and oxygen atoms in total. The van der Waals surface area contributed by atoms with Gasteiger partial charge in [-0.3, -0.25) is 5.21 Å². The minimum absolute atomic E-state index is 0.0706. The summed E-state index contributed by atoms with van der Waals surface area (Å²) < 4.78 is 0. The highest BCUT2D eigenvalue weighted by atomic mass is 16.5. The lowest BCUT2D eigenvalue weighted by Gasteiger charge is -2.12. The van der Waals surface area contributed by atoms with Crippen molar-refractivity contribution in [3.63, 3.8) is 0 Å². The highest BCUT2D eigenvalue weighted by Gasteiger charge is 2.00. The van der Waals surface area contributed by atoms with E-state index in [2.05, 4.69) is 9.89 Å².